The highest BCUT2D eigenvalue weighted by Crippen LogP contribution is 2.24. The summed E-state index contributed by atoms with van der Waals surface area (Å²) in [5, 5.41) is 5.01. The number of rotatable bonds is 3. The molecule has 2 heterocycles. The summed E-state index contributed by atoms with van der Waals surface area (Å²) in [6, 6.07) is 15.3. The molecule has 1 amide bonds. The number of halogens is 1. The second-order valence-corrected chi connectivity index (χ2v) is 7.78. The fraction of sp³-hybridized carbons (Fsp3) is 0.0526. The molecule has 2 aromatic carbocycles. The molecule has 0 bridgehead atoms. The summed E-state index contributed by atoms with van der Waals surface area (Å²) < 4.78 is 3.20. The standard InChI is InChI=1S/C19H14IN3OS/c1-12-11-25-19-22-17(10-23(12)19)13-4-8-16(9-5-13)21-18(24)14-2-6-15(20)7-3-14/h2-11H,1H3,(H,21,24). The molecule has 0 aliphatic carbocycles. The summed E-state index contributed by atoms with van der Waals surface area (Å²) in [6.45, 7) is 2.07. The predicted octanol–water partition coefficient (Wildman–Crippen LogP) is 5.23. The highest BCUT2D eigenvalue weighted by molar-refractivity contribution is 14.1. The molecule has 0 spiro atoms. The van der Waals surface area contributed by atoms with E-state index in [1.807, 2.05) is 54.7 Å². The highest BCUT2D eigenvalue weighted by Gasteiger charge is 2.09. The summed E-state index contributed by atoms with van der Waals surface area (Å²) in [4.78, 5) is 17.9. The van der Waals surface area contributed by atoms with Crippen LogP contribution in [0, 0.1) is 10.5 Å². The number of benzene rings is 2. The molecule has 2 aromatic heterocycles. The molecule has 4 nitrogen and oxygen atoms in total. The maximum absolute atomic E-state index is 12.3. The largest absolute Gasteiger partial charge is 0.322 e. The van der Waals surface area contributed by atoms with Crippen molar-refractivity contribution in [3.8, 4) is 11.3 Å². The van der Waals surface area contributed by atoms with E-state index in [1.165, 1.54) is 5.69 Å². The molecular weight excluding hydrogens is 445 g/mol. The summed E-state index contributed by atoms with van der Waals surface area (Å²) >= 11 is 3.85. The summed E-state index contributed by atoms with van der Waals surface area (Å²) in [5.74, 6) is -0.109. The Morgan fingerprint density at radius 3 is 2.52 bits per heavy atom. The first-order valence-corrected chi connectivity index (χ1v) is 9.66. The van der Waals surface area contributed by atoms with Crippen molar-refractivity contribution in [1.82, 2.24) is 9.38 Å². The number of amides is 1. The summed E-state index contributed by atoms with van der Waals surface area (Å²) in [5.41, 5.74) is 4.56. The number of fused-ring (bicyclic) bond motifs is 1. The molecule has 0 radical (unpaired) electrons. The van der Waals surface area contributed by atoms with E-state index in [9.17, 15) is 4.79 Å². The van der Waals surface area contributed by atoms with Gasteiger partial charge < -0.3 is 5.32 Å². The molecule has 0 unspecified atom stereocenters. The molecule has 124 valence electrons. The molecule has 0 saturated carbocycles. The third kappa shape index (κ3) is 3.32. The Kier molecular flexibility index (Phi) is 4.30. The Balaban J connectivity index is 1.53. The van der Waals surface area contributed by atoms with Gasteiger partial charge in [0.1, 0.15) is 0 Å². The van der Waals surface area contributed by atoms with Crippen LogP contribution in [0.3, 0.4) is 0 Å². The molecule has 25 heavy (non-hydrogen) atoms. The van der Waals surface area contributed by atoms with Crippen molar-refractivity contribution in [2.75, 3.05) is 5.32 Å². The van der Waals surface area contributed by atoms with Crippen molar-refractivity contribution in [2.45, 2.75) is 6.92 Å². The van der Waals surface area contributed by atoms with Gasteiger partial charge in [-0.25, -0.2) is 4.98 Å². The Morgan fingerprint density at radius 1 is 1.12 bits per heavy atom. The number of nitrogens with zero attached hydrogens (tertiary/aromatic N) is 2. The van der Waals surface area contributed by atoms with Gasteiger partial charge in [-0.15, -0.1) is 11.3 Å². The lowest BCUT2D eigenvalue weighted by atomic mass is 10.1. The molecule has 4 rings (SSSR count). The zero-order valence-electron chi connectivity index (χ0n) is 13.4. The first kappa shape index (κ1) is 16.3. The van der Waals surface area contributed by atoms with Gasteiger partial charge in [0.15, 0.2) is 4.96 Å². The van der Waals surface area contributed by atoms with E-state index in [1.54, 1.807) is 11.3 Å². The third-order valence-corrected chi connectivity index (χ3v) is 5.61. The van der Waals surface area contributed by atoms with Crippen LogP contribution in [0.1, 0.15) is 16.1 Å². The Hall–Kier alpha value is -2.19. The molecule has 1 N–H and O–H groups in total. The van der Waals surface area contributed by atoms with Crippen LogP contribution >= 0.6 is 33.9 Å². The van der Waals surface area contributed by atoms with E-state index in [-0.39, 0.29) is 5.91 Å². The van der Waals surface area contributed by atoms with Crippen LogP contribution < -0.4 is 5.32 Å². The van der Waals surface area contributed by atoms with Gasteiger partial charge in [0, 0.05) is 37.7 Å². The second kappa shape index (κ2) is 6.61. The normalized spacial score (nSPS) is 11.0. The van der Waals surface area contributed by atoms with E-state index in [0.717, 1.165) is 25.5 Å². The van der Waals surface area contributed by atoms with E-state index in [2.05, 4.69) is 49.6 Å². The lowest BCUT2D eigenvalue weighted by Crippen LogP contribution is -2.11. The van der Waals surface area contributed by atoms with Crippen molar-refractivity contribution in [3.63, 3.8) is 0 Å². The summed E-state index contributed by atoms with van der Waals surface area (Å²) in [6.07, 6.45) is 2.04. The zero-order chi connectivity index (χ0) is 17.4. The lowest BCUT2D eigenvalue weighted by molar-refractivity contribution is 0.102. The second-order valence-electron chi connectivity index (χ2n) is 5.69. The first-order chi connectivity index (χ1) is 12.1. The maximum atomic E-state index is 12.3. The third-order valence-electron chi connectivity index (χ3n) is 3.93. The van der Waals surface area contributed by atoms with Crippen LogP contribution in [0.4, 0.5) is 5.69 Å². The van der Waals surface area contributed by atoms with E-state index in [4.69, 9.17) is 0 Å². The van der Waals surface area contributed by atoms with Gasteiger partial charge in [0.05, 0.1) is 5.69 Å². The van der Waals surface area contributed by atoms with Gasteiger partial charge in [-0.1, -0.05) is 12.1 Å². The van der Waals surface area contributed by atoms with Gasteiger partial charge in [-0.3, -0.25) is 9.20 Å². The fourth-order valence-corrected chi connectivity index (χ4v) is 3.77. The lowest BCUT2D eigenvalue weighted by Gasteiger charge is -2.06. The Morgan fingerprint density at radius 2 is 1.84 bits per heavy atom. The monoisotopic (exact) mass is 459 g/mol. The fourth-order valence-electron chi connectivity index (χ4n) is 2.56. The number of thiazole rings is 1. The van der Waals surface area contributed by atoms with E-state index in [0.29, 0.717) is 5.56 Å². The number of imidazole rings is 1. The van der Waals surface area contributed by atoms with Crippen molar-refractivity contribution in [1.29, 1.82) is 0 Å². The number of nitrogens with one attached hydrogen (secondary N) is 1. The van der Waals surface area contributed by atoms with Crippen LogP contribution in [0.25, 0.3) is 16.2 Å². The molecule has 0 atom stereocenters. The van der Waals surface area contributed by atoms with E-state index >= 15 is 0 Å². The van der Waals surface area contributed by atoms with Gasteiger partial charge in [-0.2, -0.15) is 0 Å². The number of carbonyl (C=O) groups is 1. The number of aryl methyl sites for hydroxylation is 1. The number of aromatic nitrogens is 2. The van der Waals surface area contributed by atoms with Gasteiger partial charge in [0.2, 0.25) is 0 Å². The Bertz CT molecular complexity index is 1050. The SMILES string of the molecule is Cc1csc2nc(-c3ccc(NC(=O)c4ccc(I)cc4)cc3)cn12. The van der Waals surface area contributed by atoms with Crippen molar-refractivity contribution < 1.29 is 4.79 Å². The topological polar surface area (TPSA) is 46.4 Å². The maximum Gasteiger partial charge on any atom is 0.255 e. The zero-order valence-corrected chi connectivity index (χ0v) is 16.3. The number of hydrogen-bond acceptors (Lipinski definition) is 3. The van der Waals surface area contributed by atoms with E-state index < -0.39 is 0 Å². The molecule has 6 heteroatoms. The number of hydrogen-bond donors (Lipinski definition) is 1. The minimum absolute atomic E-state index is 0.109. The minimum Gasteiger partial charge on any atom is -0.322 e. The highest BCUT2D eigenvalue weighted by atomic mass is 127. The van der Waals surface area contributed by atoms with Crippen molar-refractivity contribution >= 4 is 50.5 Å². The molecule has 0 fully saturated rings. The molecule has 0 saturated heterocycles. The van der Waals surface area contributed by atoms with Crippen molar-refractivity contribution in [3.05, 3.63) is 74.9 Å². The first-order valence-electron chi connectivity index (χ1n) is 7.71. The van der Waals surface area contributed by atoms with Crippen LogP contribution in [0.2, 0.25) is 0 Å². The van der Waals surface area contributed by atoms with Crippen LogP contribution in [0.5, 0.6) is 0 Å². The Labute approximate surface area is 162 Å². The molecule has 4 aromatic rings. The van der Waals surface area contributed by atoms with Crippen LogP contribution in [-0.4, -0.2) is 15.3 Å². The average molecular weight is 459 g/mol. The minimum atomic E-state index is -0.109. The van der Waals surface area contributed by atoms with Crippen molar-refractivity contribution in [2.24, 2.45) is 0 Å². The molecule has 0 aliphatic rings. The molecular formula is C19H14IN3OS. The number of anilines is 1. The van der Waals surface area contributed by atoms with Crippen LogP contribution in [0.15, 0.2) is 60.1 Å². The smallest absolute Gasteiger partial charge is 0.255 e. The predicted molar refractivity (Wildman–Crippen MR) is 110 cm³/mol. The van der Waals surface area contributed by atoms with Crippen LogP contribution in [-0.2, 0) is 0 Å². The van der Waals surface area contributed by atoms with Gasteiger partial charge in [-0.05, 0) is 65.9 Å². The average Bonchev–Trinajstić information content (AvgIpc) is 3.18. The van der Waals surface area contributed by atoms with Gasteiger partial charge >= 0.3 is 0 Å². The summed E-state index contributed by atoms with van der Waals surface area (Å²) in [7, 11) is 0. The number of carbonyl (C=O) groups excluding carboxylic acids is 1. The van der Waals surface area contributed by atoms with Gasteiger partial charge in [0.25, 0.3) is 5.91 Å². The quantitative estimate of drug-likeness (QED) is 0.427. The molecule has 0 aliphatic heterocycles.